The van der Waals surface area contributed by atoms with Crippen LogP contribution in [0.2, 0.25) is 0 Å². The number of carbonyl (C=O) groups excluding carboxylic acids is 1. The minimum absolute atomic E-state index is 0.0194. The van der Waals surface area contributed by atoms with Crippen molar-refractivity contribution in [1.29, 1.82) is 0 Å². The zero-order chi connectivity index (χ0) is 15.5. The predicted octanol–water partition coefficient (Wildman–Crippen LogP) is 2.85. The van der Waals surface area contributed by atoms with Gasteiger partial charge in [-0.2, -0.15) is 0 Å². The van der Waals surface area contributed by atoms with Crippen molar-refractivity contribution in [3.63, 3.8) is 0 Å². The summed E-state index contributed by atoms with van der Waals surface area (Å²) < 4.78 is 5.95. The summed E-state index contributed by atoms with van der Waals surface area (Å²) in [6.45, 7) is 0.609. The van der Waals surface area contributed by atoms with Crippen molar-refractivity contribution in [2.45, 2.75) is 50.7 Å². The number of carbonyl (C=O) groups is 1. The first-order valence-electron chi connectivity index (χ1n) is 8.34. The molecule has 0 radical (unpaired) electrons. The summed E-state index contributed by atoms with van der Waals surface area (Å²) in [5.74, 6) is 0.874. The Kier molecular flexibility index (Phi) is 4.67. The Morgan fingerprint density at radius 1 is 1.23 bits per heavy atom. The van der Waals surface area contributed by atoms with Gasteiger partial charge in [0.15, 0.2) is 0 Å². The minimum atomic E-state index is -0.267. The molecule has 1 amide bonds. The molecule has 2 aliphatic rings. The molecule has 0 saturated heterocycles. The fourth-order valence-electron chi connectivity index (χ4n) is 3.28. The standard InChI is InChI=1S/C18H25NO3/c1-19(12-13-6-4-10-16(13)20)18(21)15-9-2-3-11-17(15)22-14-7-5-8-14/h2-3,9,11,13-14,16,20H,4-8,10,12H2,1H3. The molecule has 2 aliphatic carbocycles. The smallest absolute Gasteiger partial charge is 0.257 e. The van der Waals surface area contributed by atoms with Crippen molar-refractivity contribution in [3.05, 3.63) is 29.8 Å². The Labute approximate surface area is 132 Å². The third kappa shape index (κ3) is 3.27. The van der Waals surface area contributed by atoms with Crippen molar-refractivity contribution in [1.82, 2.24) is 4.90 Å². The van der Waals surface area contributed by atoms with E-state index >= 15 is 0 Å². The second-order valence-electron chi connectivity index (χ2n) is 6.61. The van der Waals surface area contributed by atoms with E-state index in [0.29, 0.717) is 17.9 Å². The van der Waals surface area contributed by atoms with Crippen molar-refractivity contribution in [2.75, 3.05) is 13.6 Å². The number of hydrogen-bond acceptors (Lipinski definition) is 3. The third-order valence-electron chi connectivity index (χ3n) is 4.94. The predicted molar refractivity (Wildman–Crippen MR) is 85.0 cm³/mol. The van der Waals surface area contributed by atoms with Crippen molar-refractivity contribution in [2.24, 2.45) is 5.92 Å². The molecule has 1 aromatic rings. The van der Waals surface area contributed by atoms with Crippen LogP contribution in [0.3, 0.4) is 0 Å². The normalized spacial score (nSPS) is 24.8. The molecule has 0 spiro atoms. The lowest BCUT2D eigenvalue weighted by molar-refractivity contribution is 0.0679. The molecule has 120 valence electrons. The van der Waals surface area contributed by atoms with Crippen LogP contribution in [0.15, 0.2) is 24.3 Å². The van der Waals surface area contributed by atoms with E-state index in [4.69, 9.17) is 4.74 Å². The summed E-state index contributed by atoms with van der Waals surface area (Å²) >= 11 is 0. The molecule has 2 unspecified atom stereocenters. The minimum Gasteiger partial charge on any atom is -0.490 e. The average Bonchev–Trinajstić information content (AvgIpc) is 2.88. The van der Waals surface area contributed by atoms with Gasteiger partial charge in [-0.3, -0.25) is 4.79 Å². The Hall–Kier alpha value is -1.55. The molecule has 0 bridgehead atoms. The van der Waals surface area contributed by atoms with Gasteiger partial charge in [0.05, 0.1) is 17.8 Å². The largest absolute Gasteiger partial charge is 0.490 e. The number of amides is 1. The zero-order valence-corrected chi connectivity index (χ0v) is 13.2. The molecule has 22 heavy (non-hydrogen) atoms. The zero-order valence-electron chi connectivity index (χ0n) is 13.2. The number of aliphatic hydroxyl groups excluding tert-OH is 1. The van der Waals surface area contributed by atoms with Gasteiger partial charge >= 0.3 is 0 Å². The Morgan fingerprint density at radius 3 is 2.59 bits per heavy atom. The molecule has 4 nitrogen and oxygen atoms in total. The maximum absolute atomic E-state index is 12.7. The summed E-state index contributed by atoms with van der Waals surface area (Å²) in [7, 11) is 1.81. The summed E-state index contributed by atoms with van der Waals surface area (Å²) in [6, 6.07) is 7.49. The van der Waals surface area contributed by atoms with Crippen LogP contribution in [0.4, 0.5) is 0 Å². The number of ether oxygens (including phenoxy) is 1. The topological polar surface area (TPSA) is 49.8 Å². The van der Waals surface area contributed by atoms with E-state index in [1.54, 1.807) is 4.90 Å². The Bertz CT molecular complexity index is 527. The maximum Gasteiger partial charge on any atom is 0.257 e. The van der Waals surface area contributed by atoms with E-state index in [1.807, 2.05) is 31.3 Å². The molecule has 2 fully saturated rings. The van der Waals surface area contributed by atoms with Crippen LogP contribution in [0.1, 0.15) is 48.9 Å². The van der Waals surface area contributed by atoms with E-state index < -0.39 is 0 Å². The van der Waals surface area contributed by atoms with Crippen molar-refractivity contribution < 1.29 is 14.6 Å². The van der Waals surface area contributed by atoms with Crippen molar-refractivity contribution >= 4 is 5.91 Å². The first-order valence-corrected chi connectivity index (χ1v) is 8.34. The number of para-hydroxylation sites is 1. The van der Waals surface area contributed by atoms with Crippen LogP contribution in [0.25, 0.3) is 0 Å². The van der Waals surface area contributed by atoms with Gasteiger partial charge in [-0.05, 0) is 44.2 Å². The second kappa shape index (κ2) is 6.69. The highest BCUT2D eigenvalue weighted by molar-refractivity contribution is 5.96. The number of nitrogens with zero attached hydrogens (tertiary/aromatic N) is 1. The third-order valence-corrected chi connectivity index (χ3v) is 4.94. The Balaban J connectivity index is 1.67. The van der Waals surface area contributed by atoms with Gasteiger partial charge in [0.25, 0.3) is 5.91 Å². The highest BCUT2D eigenvalue weighted by Crippen LogP contribution is 2.29. The quantitative estimate of drug-likeness (QED) is 0.910. The van der Waals surface area contributed by atoms with Gasteiger partial charge in [0.2, 0.25) is 0 Å². The van der Waals surface area contributed by atoms with Gasteiger partial charge in [-0.25, -0.2) is 0 Å². The van der Waals surface area contributed by atoms with E-state index in [9.17, 15) is 9.90 Å². The first-order chi connectivity index (χ1) is 10.6. The van der Waals surface area contributed by atoms with E-state index in [-0.39, 0.29) is 24.0 Å². The fraction of sp³-hybridized carbons (Fsp3) is 0.611. The molecular weight excluding hydrogens is 278 g/mol. The molecule has 0 aromatic heterocycles. The summed E-state index contributed by atoms with van der Waals surface area (Å²) in [6.07, 6.45) is 6.26. The highest BCUT2D eigenvalue weighted by atomic mass is 16.5. The fourth-order valence-corrected chi connectivity index (χ4v) is 3.28. The lowest BCUT2D eigenvalue weighted by Crippen LogP contribution is -2.35. The first kappa shape index (κ1) is 15.3. The highest BCUT2D eigenvalue weighted by Gasteiger charge is 2.29. The monoisotopic (exact) mass is 303 g/mol. The molecule has 0 heterocycles. The summed E-state index contributed by atoms with van der Waals surface area (Å²) in [5.41, 5.74) is 0.629. The molecule has 1 aromatic carbocycles. The number of rotatable bonds is 5. The van der Waals surface area contributed by atoms with Crippen LogP contribution < -0.4 is 4.74 Å². The van der Waals surface area contributed by atoms with Crippen LogP contribution in [-0.2, 0) is 0 Å². The SMILES string of the molecule is CN(CC1CCCC1O)C(=O)c1ccccc1OC1CCC1. The lowest BCUT2D eigenvalue weighted by Gasteiger charge is -2.28. The van der Waals surface area contributed by atoms with Gasteiger partial charge in [-0.15, -0.1) is 0 Å². The van der Waals surface area contributed by atoms with E-state index in [2.05, 4.69) is 0 Å². The van der Waals surface area contributed by atoms with E-state index in [1.165, 1.54) is 6.42 Å². The van der Waals surface area contributed by atoms with Crippen LogP contribution in [0, 0.1) is 5.92 Å². The van der Waals surface area contributed by atoms with Gasteiger partial charge in [-0.1, -0.05) is 18.6 Å². The van der Waals surface area contributed by atoms with E-state index in [0.717, 1.165) is 32.1 Å². The number of benzene rings is 1. The molecular formula is C18H25NO3. The van der Waals surface area contributed by atoms with Crippen LogP contribution >= 0.6 is 0 Å². The molecule has 1 N–H and O–H groups in total. The second-order valence-corrected chi connectivity index (χ2v) is 6.61. The number of aliphatic hydroxyl groups is 1. The van der Waals surface area contributed by atoms with Crippen molar-refractivity contribution in [3.8, 4) is 5.75 Å². The molecule has 0 aliphatic heterocycles. The summed E-state index contributed by atoms with van der Waals surface area (Å²) in [5, 5.41) is 9.94. The maximum atomic E-state index is 12.7. The summed E-state index contributed by atoms with van der Waals surface area (Å²) in [4.78, 5) is 14.4. The van der Waals surface area contributed by atoms with Gasteiger partial charge in [0.1, 0.15) is 5.75 Å². The van der Waals surface area contributed by atoms with Crippen LogP contribution in [0.5, 0.6) is 5.75 Å². The number of hydrogen-bond donors (Lipinski definition) is 1. The molecule has 2 saturated carbocycles. The van der Waals surface area contributed by atoms with Gasteiger partial charge < -0.3 is 14.7 Å². The van der Waals surface area contributed by atoms with Crippen LogP contribution in [-0.4, -0.2) is 41.7 Å². The Morgan fingerprint density at radius 2 is 1.95 bits per heavy atom. The van der Waals surface area contributed by atoms with Gasteiger partial charge in [0, 0.05) is 19.5 Å². The molecule has 4 heteroatoms. The average molecular weight is 303 g/mol. The lowest BCUT2D eigenvalue weighted by atomic mass is 9.96. The molecule has 2 atom stereocenters. The molecule has 3 rings (SSSR count).